The van der Waals surface area contributed by atoms with Gasteiger partial charge in [0.2, 0.25) is 10.0 Å². The van der Waals surface area contributed by atoms with Crippen LogP contribution in [0.15, 0.2) is 12.4 Å². The Labute approximate surface area is 134 Å². The highest BCUT2D eigenvalue weighted by Gasteiger charge is 2.26. The van der Waals surface area contributed by atoms with Crippen molar-refractivity contribution in [2.24, 2.45) is 0 Å². The molecular weight excluding hydrogens is 320 g/mol. The number of piperidine rings is 1. The highest BCUT2D eigenvalue weighted by atomic mass is 32.2. The minimum Gasteiger partial charge on any atom is -0.365 e. The number of anilines is 1. The van der Waals surface area contributed by atoms with Crippen molar-refractivity contribution in [1.29, 1.82) is 0 Å². The number of hydrogen-bond acceptors (Lipinski definition) is 6. The molecule has 0 spiro atoms. The monoisotopic (exact) mass is 340 g/mol. The molecule has 0 saturated carbocycles. The van der Waals surface area contributed by atoms with E-state index in [1.54, 1.807) is 17.7 Å². The second kappa shape index (κ2) is 6.10. The summed E-state index contributed by atoms with van der Waals surface area (Å²) in [6.07, 6.45) is 5.62. The van der Waals surface area contributed by atoms with Crippen LogP contribution in [0.5, 0.6) is 0 Å². The number of aryl methyl sites for hydroxylation is 1. The molecule has 120 valence electrons. The third kappa shape index (κ3) is 3.23. The van der Waals surface area contributed by atoms with E-state index >= 15 is 0 Å². The molecule has 1 N–H and O–H groups in total. The number of nitrogens with one attached hydrogen (secondary N) is 1. The Morgan fingerprint density at radius 1 is 1.45 bits per heavy atom. The van der Waals surface area contributed by atoms with Gasteiger partial charge in [-0.3, -0.25) is 0 Å². The predicted octanol–water partition coefficient (Wildman–Crippen LogP) is 2.09. The summed E-state index contributed by atoms with van der Waals surface area (Å²) in [5.74, 6) is 0.807. The first-order chi connectivity index (χ1) is 10.5. The van der Waals surface area contributed by atoms with Crippen LogP contribution in [0.2, 0.25) is 0 Å². The fourth-order valence-corrected chi connectivity index (χ4v) is 4.60. The molecule has 0 bridgehead atoms. The van der Waals surface area contributed by atoms with Gasteiger partial charge in [-0.05, 0) is 25.3 Å². The summed E-state index contributed by atoms with van der Waals surface area (Å²) >= 11 is 1.68. The molecule has 1 fully saturated rings. The molecule has 22 heavy (non-hydrogen) atoms. The van der Waals surface area contributed by atoms with Gasteiger partial charge in [-0.1, -0.05) is 6.92 Å². The van der Waals surface area contributed by atoms with Gasteiger partial charge in [0.25, 0.3) is 0 Å². The van der Waals surface area contributed by atoms with Gasteiger partial charge >= 0.3 is 0 Å². The zero-order valence-electron chi connectivity index (χ0n) is 12.7. The van der Waals surface area contributed by atoms with E-state index < -0.39 is 10.0 Å². The zero-order valence-corrected chi connectivity index (χ0v) is 14.4. The van der Waals surface area contributed by atoms with Crippen LogP contribution in [-0.4, -0.2) is 48.1 Å². The van der Waals surface area contributed by atoms with Gasteiger partial charge in [0.05, 0.1) is 11.6 Å². The van der Waals surface area contributed by atoms with Gasteiger partial charge in [-0.15, -0.1) is 11.3 Å². The fraction of sp³-hybridized carbons (Fsp3) is 0.571. The smallest absolute Gasteiger partial charge is 0.211 e. The Bertz CT molecular complexity index is 772. The third-order valence-corrected chi connectivity index (χ3v) is 6.38. The van der Waals surface area contributed by atoms with Crippen LogP contribution in [0, 0.1) is 0 Å². The van der Waals surface area contributed by atoms with Gasteiger partial charge < -0.3 is 5.32 Å². The van der Waals surface area contributed by atoms with Crippen LogP contribution in [0.1, 0.15) is 24.6 Å². The van der Waals surface area contributed by atoms with Gasteiger partial charge in [0, 0.05) is 24.0 Å². The first-order valence-corrected chi connectivity index (χ1v) is 10.1. The van der Waals surface area contributed by atoms with Gasteiger partial charge in [0.15, 0.2) is 0 Å². The molecule has 2 aromatic heterocycles. The molecule has 1 aliphatic rings. The van der Waals surface area contributed by atoms with Crippen LogP contribution in [-0.2, 0) is 16.4 Å². The van der Waals surface area contributed by atoms with Crippen molar-refractivity contribution in [2.75, 3.05) is 24.7 Å². The molecule has 0 amide bonds. The molecule has 1 unspecified atom stereocenters. The van der Waals surface area contributed by atoms with E-state index in [0.29, 0.717) is 13.1 Å². The zero-order chi connectivity index (χ0) is 15.7. The molecule has 3 heterocycles. The van der Waals surface area contributed by atoms with Gasteiger partial charge in [-0.25, -0.2) is 22.7 Å². The van der Waals surface area contributed by atoms with E-state index in [4.69, 9.17) is 0 Å². The van der Waals surface area contributed by atoms with Crippen LogP contribution in [0.4, 0.5) is 5.82 Å². The Balaban J connectivity index is 1.82. The number of fused-ring (bicyclic) bond motifs is 1. The number of hydrogen-bond donors (Lipinski definition) is 1. The van der Waals surface area contributed by atoms with Gasteiger partial charge in [0.1, 0.15) is 17.0 Å². The van der Waals surface area contributed by atoms with E-state index in [1.807, 2.05) is 0 Å². The molecule has 2 aromatic rings. The molecule has 1 atom stereocenters. The molecule has 0 aliphatic carbocycles. The molecule has 1 aliphatic heterocycles. The molecule has 1 saturated heterocycles. The van der Waals surface area contributed by atoms with E-state index in [0.717, 1.165) is 35.3 Å². The highest BCUT2D eigenvalue weighted by molar-refractivity contribution is 7.88. The lowest BCUT2D eigenvalue weighted by molar-refractivity contribution is 0.329. The maximum absolute atomic E-state index is 11.7. The van der Waals surface area contributed by atoms with Crippen LogP contribution in [0.3, 0.4) is 0 Å². The summed E-state index contributed by atoms with van der Waals surface area (Å²) in [4.78, 5) is 10.9. The van der Waals surface area contributed by atoms with Crippen molar-refractivity contribution < 1.29 is 8.42 Å². The Hall–Kier alpha value is -1.25. The Morgan fingerprint density at radius 3 is 3.00 bits per heavy atom. The van der Waals surface area contributed by atoms with Crippen molar-refractivity contribution >= 4 is 37.4 Å². The summed E-state index contributed by atoms with van der Waals surface area (Å²) < 4.78 is 25.0. The summed E-state index contributed by atoms with van der Waals surface area (Å²) in [5.41, 5.74) is 0. The van der Waals surface area contributed by atoms with Gasteiger partial charge in [-0.2, -0.15) is 0 Å². The number of thiophene rings is 1. The van der Waals surface area contributed by atoms with Crippen molar-refractivity contribution in [2.45, 2.75) is 32.2 Å². The maximum Gasteiger partial charge on any atom is 0.211 e. The summed E-state index contributed by atoms with van der Waals surface area (Å²) in [5, 5.41) is 4.44. The molecular formula is C14H20N4O2S2. The number of rotatable bonds is 4. The molecule has 3 rings (SSSR count). The van der Waals surface area contributed by atoms with Crippen molar-refractivity contribution in [3.63, 3.8) is 0 Å². The fourth-order valence-electron chi connectivity index (χ4n) is 2.75. The van der Waals surface area contributed by atoms with Crippen molar-refractivity contribution in [3.8, 4) is 0 Å². The number of aromatic nitrogens is 2. The third-order valence-electron chi connectivity index (χ3n) is 3.92. The van der Waals surface area contributed by atoms with E-state index in [2.05, 4.69) is 28.3 Å². The highest BCUT2D eigenvalue weighted by Crippen LogP contribution is 2.29. The second-order valence-electron chi connectivity index (χ2n) is 5.61. The summed E-state index contributed by atoms with van der Waals surface area (Å²) in [6, 6.07) is 2.21. The number of sulfonamides is 1. The first-order valence-electron chi connectivity index (χ1n) is 7.42. The molecule has 0 aromatic carbocycles. The largest absolute Gasteiger partial charge is 0.365 e. The van der Waals surface area contributed by atoms with Crippen molar-refractivity contribution in [3.05, 3.63) is 17.3 Å². The van der Waals surface area contributed by atoms with E-state index in [9.17, 15) is 8.42 Å². The van der Waals surface area contributed by atoms with Crippen molar-refractivity contribution in [1.82, 2.24) is 14.3 Å². The normalized spacial score (nSPS) is 20.4. The Kier molecular flexibility index (Phi) is 4.33. The van der Waals surface area contributed by atoms with Crippen LogP contribution >= 0.6 is 11.3 Å². The minimum absolute atomic E-state index is 0.0894. The average Bonchev–Trinajstić information content (AvgIpc) is 2.91. The SMILES string of the molecule is CCc1cc2c(NC3CCCN(S(C)(=O)=O)C3)ncnc2s1. The summed E-state index contributed by atoms with van der Waals surface area (Å²) in [6.45, 7) is 3.22. The second-order valence-corrected chi connectivity index (χ2v) is 8.71. The standard InChI is InChI=1S/C14H20N4O2S2/c1-3-11-7-12-13(15-9-16-14(12)21-11)17-10-5-4-6-18(8-10)22(2,19)20/h7,9-10H,3-6,8H2,1-2H3,(H,15,16,17). The quantitative estimate of drug-likeness (QED) is 0.922. The lowest BCUT2D eigenvalue weighted by Gasteiger charge is -2.31. The lowest BCUT2D eigenvalue weighted by Crippen LogP contribution is -2.44. The first kappa shape index (κ1) is 15.6. The van der Waals surface area contributed by atoms with Crippen LogP contribution < -0.4 is 5.32 Å². The average molecular weight is 340 g/mol. The predicted molar refractivity (Wildman–Crippen MR) is 89.9 cm³/mol. The number of nitrogens with zero attached hydrogens (tertiary/aromatic N) is 3. The minimum atomic E-state index is -3.13. The lowest BCUT2D eigenvalue weighted by atomic mass is 10.1. The maximum atomic E-state index is 11.7. The molecule has 6 nitrogen and oxygen atoms in total. The van der Waals surface area contributed by atoms with E-state index in [-0.39, 0.29) is 6.04 Å². The Morgan fingerprint density at radius 2 is 2.27 bits per heavy atom. The summed E-state index contributed by atoms with van der Waals surface area (Å²) in [7, 11) is -3.13. The molecule has 8 heteroatoms. The van der Waals surface area contributed by atoms with Crippen LogP contribution in [0.25, 0.3) is 10.2 Å². The topological polar surface area (TPSA) is 75.2 Å². The van der Waals surface area contributed by atoms with E-state index in [1.165, 1.54) is 15.4 Å². The molecule has 0 radical (unpaired) electrons.